The summed E-state index contributed by atoms with van der Waals surface area (Å²) in [5, 5.41) is 0. The Morgan fingerprint density at radius 2 is 1.59 bits per heavy atom. The van der Waals surface area contributed by atoms with Crippen molar-refractivity contribution in [3.63, 3.8) is 0 Å². The normalized spacial score (nSPS) is 32.8. The quantitative estimate of drug-likeness (QED) is 0.693. The molecule has 0 radical (unpaired) electrons. The van der Waals surface area contributed by atoms with Crippen molar-refractivity contribution in [1.29, 1.82) is 0 Å². The lowest BCUT2D eigenvalue weighted by molar-refractivity contribution is -0.00423. The van der Waals surface area contributed by atoms with Crippen molar-refractivity contribution >= 4 is 0 Å². The minimum atomic E-state index is 0.352. The van der Waals surface area contributed by atoms with Crippen molar-refractivity contribution in [2.75, 3.05) is 26.2 Å². The molecule has 0 bridgehead atoms. The van der Waals surface area contributed by atoms with Crippen LogP contribution in [0.5, 0.6) is 0 Å². The summed E-state index contributed by atoms with van der Waals surface area (Å²) in [6.07, 6.45) is 2.86. The molecule has 2 heterocycles. The number of hydrogen-bond donors (Lipinski definition) is 0. The average molecular weight is 238 g/mol. The second-order valence-electron chi connectivity index (χ2n) is 7.30. The van der Waals surface area contributed by atoms with E-state index in [9.17, 15) is 0 Å². The summed E-state index contributed by atoms with van der Waals surface area (Å²) in [5.74, 6) is 1.92. The van der Waals surface area contributed by atoms with Crippen molar-refractivity contribution in [3.05, 3.63) is 0 Å². The molecule has 0 aliphatic carbocycles. The second-order valence-corrected chi connectivity index (χ2v) is 7.30. The molecule has 0 N–H and O–H groups in total. The molecule has 2 heteroatoms. The minimum absolute atomic E-state index is 0.352. The van der Waals surface area contributed by atoms with Crippen LogP contribution in [0.15, 0.2) is 0 Å². The largest absolute Gasteiger partial charge is 0.301 e. The van der Waals surface area contributed by atoms with E-state index in [2.05, 4.69) is 44.4 Å². The molecule has 0 aromatic heterocycles. The van der Waals surface area contributed by atoms with Gasteiger partial charge in [-0.25, -0.2) is 0 Å². The van der Waals surface area contributed by atoms with Gasteiger partial charge in [0.1, 0.15) is 0 Å². The molecular formula is C15H30N2. The van der Waals surface area contributed by atoms with E-state index in [4.69, 9.17) is 0 Å². The highest BCUT2D eigenvalue weighted by atomic mass is 15.2. The Morgan fingerprint density at radius 1 is 0.941 bits per heavy atom. The summed E-state index contributed by atoms with van der Waals surface area (Å²) in [6, 6.07) is 0.723. The lowest BCUT2D eigenvalue weighted by atomic mass is 9.78. The van der Waals surface area contributed by atoms with Gasteiger partial charge in [-0.2, -0.15) is 0 Å². The summed E-state index contributed by atoms with van der Waals surface area (Å²) in [6.45, 7) is 17.0. The summed E-state index contributed by atoms with van der Waals surface area (Å²) >= 11 is 0. The van der Waals surface area contributed by atoms with Crippen molar-refractivity contribution < 1.29 is 0 Å². The van der Waals surface area contributed by atoms with Crippen molar-refractivity contribution in [1.82, 2.24) is 9.80 Å². The van der Waals surface area contributed by atoms with E-state index < -0.39 is 0 Å². The van der Waals surface area contributed by atoms with Gasteiger partial charge in [0.25, 0.3) is 0 Å². The van der Waals surface area contributed by atoms with Gasteiger partial charge in [0.15, 0.2) is 0 Å². The molecule has 2 unspecified atom stereocenters. The van der Waals surface area contributed by atoms with Crippen LogP contribution < -0.4 is 0 Å². The van der Waals surface area contributed by atoms with E-state index in [-0.39, 0.29) is 0 Å². The smallest absolute Gasteiger partial charge is 0.0125 e. The van der Waals surface area contributed by atoms with Gasteiger partial charge in [-0.05, 0) is 72.4 Å². The van der Waals surface area contributed by atoms with E-state index in [1.54, 1.807) is 0 Å². The predicted molar refractivity (Wildman–Crippen MR) is 74.2 cm³/mol. The predicted octanol–water partition coefficient (Wildman–Crippen LogP) is 2.84. The molecule has 0 spiro atoms. The van der Waals surface area contributed by atoms with Gasteiger partial charge in [-0.3, -0.25) is 4.90 Å². The first kappa shape index (κ1) is 13.4. The SMILES string of the molecule is CC(C)N1CCC2CCN(C(C)(C)C)CC2C1. The third-order valence-corrected chi connectivity index (χ3v) is 4.83. The number of likely N-dealkylation sites (tertiary alicyclic amines) is 2. The third-order valence-electron chi connectivity index (χ3n) is 4.83. The Morgan fingerprint density at radius 3 is 2.18 bits per heavy atom. The van der Waals surface area contributed by atoms with Gasteiger partial charge in [0.2, 0.25) is 0 Å². The molecule has 2 aliphatic rings. The highest BCUT2D eigenvalue weighted by Crippen LogP contribution is 2.34. The Bertz CT molecular complexity index is 254. The molecule has 2 atom stereocenters. The highest BCUT2D eigenvalue weighted by molar-refractivity contribution is 4.91. The third kappa shape index (κ3) is 3.03. The zero-order valence-corrected chi connectivity index (χ0v) is 12.4. The Kier molecular flexibility index (Phi) is 3.84. The first-order chi connectivity index (χ1) is 7.88. The molecular weight excluding hydrogens is 208 g/mol. The van der Waals surface area contributed by atoms with Crippen LogP contribution in [-0.2, 0) is 0 Å². The van der Waals surface area contributed by atoms with Crippen molar-refractivity contribution in [2.45, 2.75) is 59.0 Å². The first-order valence-corrected chi connectivity index (χ1v) is 7.37. The lowest BCUT2D eigenvalue weighted by Crippen LogP contribution is -2.55. The standard InChI is InChI=1S/C15H30N2/c1-12(2)16-8-6-13-7-9-17(15(3,4)5)11-14(13)10-16/h12-14H,6-11H2,1-5H3. The zero-order chi connectivity index (χ0) is 12.6. The molecule has 0 aromatic rings. The van der Waals surface area contributed by atoms with Crippen LogP contribution in [0.3, 0.4) is 0 Å². The first-order valence-electron chi connectivity index (χ1n) is 7.37. The maximum absolute atomic E-state index is 2.69. The zero-order valence-electron chi connectivity index (χ0n) is 12.4. The van der Waals surface area contributed by atoms with Crippen molar-refractivity contribution in [3.8, 4) is 0 Å². The van der Waals surface area contributed by atoms with Gasteiger partial charge < -0.3 is 4.90 Å². The number of fused-ring (bicyclic) bond motifs is 1. The highest BCUT2D eigenvalue weighted by Gasteiger charge is 2.37. The van der Waals surface area contributed by atoms with Crippen LogP contribution in [0.4, 0.5) is 0 Å². The topological polar surface area (TPSA) is 6.48 Å². The molecule has 17 heavy (non-hydrogen) atoms. The van der Waals surface area contributed by atoms with E-state index in [0.717, 1.165) is 17.9 Å². The second kappa shape index (κ2) is 4.89. The molecule has 2 aliphatic heterocycles. The molecule has 0 aromatic carbocycles. The van der Waals surface area contributed by atoms with Crippen LogP contribution >= 0.6 is 0 Å². The minimum Gasteiger partial charge on any atom is -0.301 e. The van der Waals surface area contributed by atoms with Crippen LogP contribution in [0.1, 0.15) is 47.5 Å². The van der Waals surface area contributed by atoms with Crippen LogP contribution in [0, 0.1) is 11.8 Å². The fourth-order valence-electron chi connectivity index (χ4n) is 3.47. The van der Waals surface area contributed by atoms with Crippen LogP contribution in [0.2, 0.25) is 0 Å². The van der Waals surface area contributed by atoms with Gasteiger partial charge >= 0.3 is 0 Å². The molecule has 0 amide bonds. The van der Waals surface area contributed by atoms with E-state index >= 15 is 0 Å². The monoisotopic (exact) mass is 238 g/mol. The maximum Gasteiger partial charge on any atom is 0.0125 e. The summed E-state index contributed by atoms with van der Waals surface area (Å²) in [5.41, 5.74) is 0.352. The summed E-state index contributed by atoms with van der Waals surface area (Å²) in [7, 11) is 0. The molecule has 2 saturated heterocycles. The van der Waals surface area contributed by atoms with Crippen LogP contribution in [-0.4, -0.2) is 47.6 Å². The number of piperidine rings is 2. The van der Waals surface area contributed by atoms with Gasteiger partial charge in [0.05, 0.1) is 0 Å². The fourth-order valence-corrected chi connectivity index (χ4v) is 3.47. The average Bonchev–Trinajstić information content (AvgIpc) is 2.26. The van der Waals surface area contributed by atoms with E-state index in [1.165, 1.54) is 39.0 Å². The summed E-state index contributed by atoms with van der Waals surface area (Å²) in [4.78, 5) is 5.37. The Labute approximate surface area is 107 Å². The van der Waals surface area contributed by atoms with Crippen molar-refractivity contribution in [2.24, 2.45) is 11.8 Å². The molecule has 0 saturated carbocycles. The molecule has 2 fully saturated rings. The van der Waals surface area contributed by atoms with E-state index in [0.29, 0.717) is 5.54 Å². The summed E-state index contributed by atoms with van der Waals surface area (Å²) < 4.78 is 0. The van der Waals surface area contributed by atoms with Gasteiger partial charge in [-0.15, -0.1) is 0 Å². The fraction of sp³-hybridized carbons (Fsp3) is 1.00. The van der Waals surface area contributed by atoms with Gasteiger partial charge in [0, 0.05) is 24.7 Å². The van der Waals surface area contributed by atoms with E-state index in [1.807, 2.05) is 0 Å². The maximum atomic E-state index is 2.69. The van der Waals surface area contributed by atoms with Gasteiger partial charge in [-0.1, -0.05) is 0 Å². The number of rotatable bonds is 1. The Hall–Kier alpha value is -0.0800. The lowest BCUT2D eigenvalue weighted by Gasteiger charge is -2.49. The molecule has 2 nitrogen and oxygen atoms in total. The number of nitrogens with zero attached hydrogens (tertiary/aromatic N) is 2. The molecule has 100 valence electrons. The number of hydrogen-bond acceptors (Lipinski definition) is 2. The molecule has 2 rings (SSSR count). The van der Waals surface area contributed by atoms with Crippen LogP contribution in [0.25, 0.3) is 0 Å². The Balaban J connectivity index is 1.97.